The number of nitrogens with one attached hydrogen (secondary N) is 1. The van der Waals surface area contributed by atoms with Crippen LogP contribution < -0.4 is 5.32 Å². The van der Waals surface area contributed by atoms with E-state index in [1.54, 1.807) is 18.1 Å². The summed E-state index contributed by atoms with van der Waals surface area (Å²) in [5, 5.41) is 4.22. The molecule has 0 aliphatic heterocycles. The van der Waals surface area contributed by atoms with Crippen molar-refractivity contribution in [2.75, 3.05) is 24.0 Å². The maximum Gasteiger partial charge on any atom is 0.130 e. The Morgan fingerprint density at radius 2 is 2.29 bits per heavy atom. The van der Waals surface area contributed by atoms with Gasteiger partial charge in [0, 0.05) is 18.5 Å². The SMILES string of the molecule is CSc1cc(NCCCCCl)ncn1. The number of hydrogen-bond acceptors (Lipinski definition) is 4. The van der Waals surface area contributed by atoms with Crippen LogP contribution in [0.25, 0.3) is 0 Å². The molecule has 0 amide bonds. The zero-order valence-corrected chi connectivity index (χ0v) is 9.74. The molecule has 0 aromatic carbocycles. The van der Waals surface area contributed by atoms with E-state index in [1.165, 1.54) is 0 Å². The molecule has 0 atom stereocenters. The topological polar surface area (TPSA) is 37.8 Å². The summed E-state index contributed by atoms with van der Waals surface area (Å²) in [6.07, 6.45) is 5.69. The molecule has 1 aromatic heterocycles. The maximum absolute atomic E-state index is 5.57. The van der Waals surface area contributed by atoms with Gasteiger partial charge in [-0.15, -0.1) is 23.4 Å². The van der Waals surface area contributed by atoms with Crippen LogP contribution in [0.15, 0.2) is 17.4 Å². The Morgan fingerprint density at radius 3 is 3.00 bits per heavy atom. The van der Waals surface area contributed by atoms with Crippen molar-refractivity contribution in [1.29, 1.82) is 0 Å². The fourth-order valence-corrected chi connectivity index (χ4v) is 1.55. The predicted molar refractivity (Wildman–Crippen MR) is 62.3 cm³/mol. The minimum Gasteiger partial charge on any atom is -0.370 e. The summed E-state index contributed by atoms with van der Waals surface area (Å²) >= 11 is 7.19. The van der Waals surface area contributed by atoms with Crippen LogP contribution >= 0.6 is 23.4 Å². The third kappa shape index (κ3) is 4.15. The molecule has 0 radical (unpaired) electrons. The smallest absolute Gasteiger partial charge is 0.130 e. The first-order valence-corrected chi connectivity index (χ1v) is 6.28. The summed E-state index contributed by atoms with van der Waals surface area (Å²) in [6.45, 7) is 0.914. The van der Waals surface area contributed by atoms with Crippen molar-refractivity contribution in [2.45, 2.75) is 17.9 Å². The predicted octanol–water partition coefficient (Wildman–Crippen LogP) is 2.63. The van der Waals surface area contributed by atoms with Gasteiger partial charge in [0.25, 0.3) is 0 Å². The lowest BCUT2D eigenvalue weighted by molar-refractivity contribution is 0.834. The molecule has 1 aromatic rings. The van der Waals surface area contributed by atoms with Crippen molar-refractivity contribution >= 4 is 29.2 Å². The second kappa shape index (κ2) is 6.90. The first-order valence-electron chi connectivity index (χ1n) is 4.52. The van der Waals surface area contributed by atoms with Gasteiger partial charge in [-0.05, 0) is 19.1 Å². The van der Waals surface area contributed by atoms with Crippen molar-refractivity contribution in [3.05, 3.63) is 12.4 Å². The molecule has 1 rings (SSSR count). The third-order valence-corrected chi connectivity index (χ3v) is 2.63. The summed E-state index contributed by atoms with van der Waals surface area (Å²) in [7, 11) is 0. The molecule has 0 aliphatic carbocycles. The van der Waals surface area contributed by atoms with Gasteiger partial charge in [0.2, 0.25) is 0 Å². The Morgan fingerprint density at radius 1 is 1.43 bits per heavy atom. The summed E-state index contributed by atoms with van der Waals surface area (Å²) in [6, 6.07) is 1.95. The van der Waals surface area contributed by atoms with Crippen LogP contribution in [0.3, 0.4) is 0 Å². The fourth-order valence-electron chi connectivity index (χ4n) is 0.984. The van der Waals surface area contributed by atoms with Crippen LogP contribution in [0, 0.1) is 0 Å². The molecule has 78 valence electrons. The van der Waals surface area contributed by atoms with E-state index in [2.05, 4.69) is 15.3 Å². The number of hydrogen-bond donors (Lipinski definition) is 1. The van der Waals surface area contributed by atoms with Gasteiger partial charge in [0.15, 0.2) is 0 Å². The molecule has 1 N–H and O–H groups in total. The van der Waals surface area contributed by atoms with E-state index < -0.39 is 0 Å². The number of halogens is 1. The molecular weight excluding hydrogens is 218 g/mol. The summed E-state index contributed by atoms with van der Waals surface area (Å²) in [4.78, 5) is 8.21. The number of nitrogens with zero attached hydrogens (tertiary/aromatic N) is 2. The van der Waals surface area contributed by atoms with Crippen LogP contribution in [0.5, 0.6) is 0 Å². The molecule has 0 spiro atoms. The Labute approximate surface area is 93.7 Å². The van der Waals surface area contributed by atoms with Gasteiger partial charge in [-0.25, -0.2) is 9.97 Å². The molecule has 0 fully saturated rings. The Balaban J connectivity index is 2.34. The molecule has 0 saturated carbocycles. The molecule has 0 unspecified atom stereocenters. The van der Waals surface area contributed by atoms with Gasteiger partial charge in [-0.1, -0.05) is 0 Å². The molecule has 0 bridgehead atoms. The molecule has 0 saturated heterocycles. The molecule has 1 heterocycles. The summed E-state index contributed by atoms with van der Waals surface area (Å²) in [5.41, 5.74) is 0. The Bertz CT molecular complexity index is 270. The number of unbranched alkanes of at least 4 members (excludes halogenated alkanes) is 1. The van der Waals surface area contributed by atoms with E-state index >= 15 is 0 Å². The Kier molecular flexibility index (Phi) is 5.71. The average Bonchev–Trinajstić information content (AvgIpc) is 2.25. The van der Waals surface area contributed by atoms with Crippen molar-refractivity contribution in [3.8, 4) is 0 Å². The normalized spacial score (nSPS) is 10.1. The number of rotatable bonds is 6. The second-order valence-corrected chi connectivity index (χ2v) is 3.97. The maximum atomic E-state index is 5.57. The van der Waals surface area contributed by atoms with E-state index in [1.807, 2.05) is 12.3 Å². The van der Waals surface area contributed by atoms with Crippen LogP contribution in [-0.4, -0.2) is 28.6 Å². The van der Waals surface area contributed by atoms with E-state index in [4.69, 9.17) is 11.6 Å². The molecule has 14 heavy (non-hydrogen) atoms. The third-order valence-electron chi connectivity index (χ3n) is 1.72. The number of alkyl halides is 1. The zero-order valence-electron chi connectivity index (χ0n) is 8.16. The van der Waals surface area contributed by atoms with E-state index in [0.29, 0.717) is 0 Å². The summed E-state index contributed by atoms with van der Waals surface area (Å²) < 4.78 is 0. The number of aromatic nitrogens is 2. The van der Waals surface area contributed by atoms with E-state index in [0.717, 1.165) is 36.1 Å². The van der Waals surface area contributed by atoms with Gasteiger partial charge in [0.1, 0.15) is 17.2 Å². The minimum absolute atomic E-state index is 0.724. The first kappa shape index (κ1) is 11.6. The average molecular weight is 232 g/mol. The van der Waals surface area contributed by atoms with Gasteiger partial charge >= 0.3 is 0 Å². The monoisotopic (exact) mass is 231 g/mol. The van der Waals surface area contributed by atoms with E-state index in [-0.39, 0.29) is 0 Å². The molecule has 3 nitrogen and oxygen atoms in total. The van der Waals surface area contributed by atoms with Gasteiger partial charge in [-0.3, -0.25) is 0 Å². The summed E-state index contributed by atoms with van der Waals surface area (Å²) in [5.74, 6) is 1.61. The lowest BCUT2D eigenvalue weighted by atomic mass is 10.3. The molecule has 0 aliphatic rings. The lowest BCUT2D eigenvalue weighted by Gasteiger charge is -2.04. The number of thioether (sulfide) groups is 1. The Hall–Kier alpha value is -0.480. The zero-order chi connectivity index (χ0) is 10.2. The van der Waals surface area contributed by atoms with Gasteiger partial charge in [0.05, 0.1) is 0 Å². The van der Waals surface area contributed by atoms with E-state index in [9.17, 15) is 0 Å². The highest BCUT2D eigenvalue weighted by Gasteiger charge is 1.96. The molecule has 5 heteroatoms. The quantitative estimate of drug-likeness (QED) is 0.354. The highest BCUT2D eigenvalue weighted by molar-refractivity contribution is 7.98. The lowest BCUT2D eigenvalue weighted by Crippen LogP contribution is -2.03. The van der Waals surface area contributed by atoms with Crippen molar-refractivity contribution in [3.63, 3.8) is 0 Å². The highest BCUT2D eigenvalue weighted by atomic mass is 35.5. The van der Waals surface area contributed by atoms with Crippen LogP contribution in [0.1, 0.15) is 12.8 Å². The van der Waals surface area contributed by atoms with Crippen molar-refractivity contribution in [2.24, 2.45) is 0 Å². The van der Waals surface area contributed by atoms with Crippen LogP contribution in [0.2, 0.25) is 0 Å². The van der Waals surface area contributed by atoms with Crippen LogP contribution in [-0.2, 0) is 0 Å². The number of anilines is 1. The largest absolute Gasteiger partial charge is 0.370 e. The second-order valence-electron chi connectivity index (χ2n) is 2.77. The van der Waals surface area contributed by atoms with Crippen LogP contribution in [0.4, 0.5) is 5.82 Å². The highest BCUT2D eigenvalue weighted by Crippen LogP contribution is 2.13. The minimum atomic E-state index is 0.724. The fraction of sp³-hybridized carbons (Fsp3) is 0.556. The first-order chi connectivity index (χ1) is 6.86. The van der Waals surface area contributed by atoms with Gasteiger partial charge in [-0.2, -0.15) is 0 Å². The molecular formula is C9H14ClN3S. The van der Waals surface area contributed by atoms with Gasteiger partial charge < -0.3 is 5.32 Å². The van der Waals surface area contributed by atoms with Crippen molar-refractivity contribution < 1.29 is 0 Å². The standard InChI is InChI=1S/C9H14ClN3S/c1-14-9-6-8(12-7-13-9)11-5-3-2-4-10/h6-7H,2-5H2,1H3,(H,11,12,13). The van der Waals surface area contributed by atoms with Crippen molar-refractivity contribution in [1.82, 2.24) is 9.97 Å².